The first-order valence-corrected chi connectivity index (χ1v) is 24.3. The normalized spacial score (nSPS) is 17.1. The molecule has 2 aliphatic heterocycles. The fraction of sp³-hybridized carbons (Fsp3) is 0.520. The van der Waals surface area contributed by atoms with Crippen LogP contribution in [0.2, 0.25) is 0 Å². The van der Waals surface area contributed by atoms with E-state index in [1.165, 1.54) is 20.9 Å². The molecule has 362 valence electrons. The molecule has 4 aromatic rings. The number of morpholine rings is 1. The lowest BCUT2D eigenvalue weighted by atomic mass is 9.84. The van der Waals surface area contributed by atoms with Crippen LogP contribution in [0.1, 0.15) is 101 Å². The number of thiazole rings is 1. The van der Waals surface area contributed by atoms with Crippen LogP contribution >= 0.6 is 11.3 Å². The summed E-state index contributed by atoms with van der Waals surface area (Å²) in [4.78, 5) is 77.2. The first-order chi connectivity index (χ1) is 32.0. The predicted octanol–water partition coefficient (Wildman–Crippen LogP) is 5.40. The van der Waals surface area contributed by atoms with E-state index in [4.69, 9.17) is 14.5 Å². The van der Waals surface area contributed by atoms with E-state index in [1.54, 1.807) is 37.0 Å². The highest BCUT2D eigenvalue weighted by Gasteiger charge is 2.43. The number of nitrogens with zero attached hydrogens (tertiary/aromatic N) is 4. The number of ether oxygens (including phenoxy) is 2. The fourth-order valence-electron chi connectivity index (χ4n) is 8.42. The highest BCUT2D eigenvalue weighted by molar-refractivity contribution is 7.22. The summed E-state index contributed by atoms with van der Waals surface area (Å²) in [5.74, 6) is -2.11. The topological polar surface area (TPSA) is 195 Å². The number of rotatable bonds is 20. The van der Waals surface area contributed by atoms with E-state index < -0.39 is 41.3 Å². The first-order valence-electron chi connectivity index (χ1n) is 23.5. The van der Waals surface area contributed by atoms with Gasteiger partial charge in [0.05, 0.1) is 35.0 Å². The van der Waals surface area contributed by atoms with Crippen LogP contribution in [0.15, 0.2) is 78.9 Å². The standard InChI is InChI=1S/C50H68N8O8S/c1-34(56(6)48(63)66-49(2,3)4)43(59)55-50(5,64)46(62)58-28-18-23-37(58)33-53-42(40(35-19-11-9-12-20-35)36-21-13-10-14-22-36)45(61)52-27-16-8-7-15-26-51-44(60)38-24-17-25-39-41(38)54-47(67-39)57-29-31-65-32-30-57/h9-14,17,19-22,24-25,34,37,40,42,53,64H,7-8,15-16,18,23,26-33H2,1-6H3,(H,51,60)(H,52,61)(H,55,59)/t34-,37-,42-,50?/m0/s1. The molecule has 0 radical (unpaired) electrons. The molecule has 4 atom stereocenters. The molecule has 2 aliphatic rings. The fourth-order valence-corrected chi connectivity index (χ4v) is 9.46. The Morgan fingerprint density at radius 3 is 2.10 bits per heavy atom. The number of hydrogen-bond acceptors (Lipinski definition) is 12. The number of benzene rings is 3. The number of carbonyl (C=O) groups is 5. The molecule has 0 aliphatic carbocycles. The molecule has 67 heavy (non-hydrogen) atoms. The van der Waals surface area contributed by atoms with Crippen LogP contribution in [0.25, 0.3) is 10.2 Å². The second-order valence-electron chi connectivity index (χ2n) is 18.5. The largest absolute Gasteiger partial charge is 0.444 e. The van der Waals surface area contributed by atoms with E-state index in [2.05, 4.69) is 26.2 Å². The van der Waals surface area contributed by atoms with E-state index in [1.807, 2.05) is 78.9 Å². The van der Waals surface area contributed by atoms with Crippen LogP contribution in [0, 0.1) is 0 Å². The highest BCUT2D eigenvalue weighted by Crippen LogP contribution is 2.32. The highest BCUT2D eigenvalue weighted by atomic mass is 32.1. The maximum atomic E-state index is 14.4. The van der Waals surface area contributed by atoms with Gasteiger partial charge in [-0.1, -0.05) is 90.9 Å². The Morgan fingerprint density at radius 2 is 1.48 bits per heavy atom. The number of likely N-dealkylation sites (N-methyl/N-ethyl adjacent to an activating group) is 1. The third-order valence-corrected chi connectivity index (χ3v) is 13.3. The third-order valence-electron chi connectivity index (χ3n) is 12.2. The Balaban J connectivity index is 1.04. The Morgan fingerprint density at radius 1 is 0.851 bits per heavy atom. The maximum Gasteiger partial charge on any atom is 0.410 e. The zero-order chi connectivity index (χ0) is 48.1. The second-order valence-corrected chi connectivity index (χ2v) is 19.5. The average molecular weight is 941 g/mol. The lowest BCUT2D eigenvalue weighted by Crippen LogP contribution is -2.62. The lowest BCUT2D eigenvalue weighted by molar-refractivity contribution is -0.158. The number of carbonyl (C=O) groups excluding carboxylic acids is 5. The van der Waals surface area contributed by atoms with Gasteiger partial charge in [0.2, 0.25) is 17.5 Å². The smallest absolute Gasteiger partial charge is 0.410 e. The van der Waals surface area contributed by atoms with Crippen molar-refractivity contribution in [1.82, 2.24) is 36.1 Å². The molecule has 5 N–H and O–H groups in total. The Bertz CT molecular complexity index is 2240. The van der Waals surface area contributed by atoms with Gasteiger partial charge >= 0.3 is 6.09 Å². The minimum atomic E-state index is -2.27. The number of para-hydroxylation sites is 1. The monoisotopic (exact) mass is 940 g/mol. The predicted molar refractivity (Wildman–Crippen MR) is 260 cm³/mol. The van der Waals surface area contributed by atoms with Gasteiger partial charge in [-0.25, -0.2) is 9.78 Å². The zero-order valence-electron chi connectivity index (χ0n) is 39.7. The summed E-state index contributed by atoms with van der Waals surface area (Å²) in [6, 6.07) is 23.2. The molecule has 0 spiro atoms. The number of fused-ring (bicyclic) bond motifs is 1. The molecule has 1 unspecified atom stereocenters. The number of amides is 5. The Hall–Kier alpha value is -5.62. The van der Waals surface area contributed by atoms with E-state index in [9.17, 15) is 29.1 Å². The summed E-state index contributed by atoms with van der Waals surface area (Å²) < 4.78 is 11.9. The second kappa shape index (κ2) is 23.4. The Labute approximate surface area is 398 Å². The minimum absolute atomic E-state index is 0.140. The number of anilines is 1. The van der Waals surface area contributed by atoms with Gasteiger partial charge in [0.25, 0.3) is 11.8 Å². The number of likely N-dealkylation sites (tertiary alicyclic amines) is 1. The molecule has 0 saturated carbocycles. The number of unbranched alkanes of at least 4 members (excludes halogenated alkanes) is 3. The average Bonchev–Trinajstić information content (AvgIpc) is 3.98. The van der Waals surface area contributed by atoms with Crippen molar-refractivity contribution in [2.75, 3.05) is 64.4 Å². The van der Waals surface area contributed by atoms with E-state index in [-0.39, 0.29) is 30.3 Å². The summed E-state index contributed by atoms with van der Waals surface area (Å²) in [5, 5.41) is 24.5. The molecule has 5 amide bonds. The number of aliphatic hydroxyl groups is 1. The molecule has 0 bridgehead atoms. The van der Waals surface area contributed by atoms with Crippen molar-refractivity contribution in [2.24, 2.45) is 0 Å². The summed E-state index contributed by atoms with van der Waals surface area (Å²) in [6.45, 7) is 12.3. The number of hydrogen-bond donors (Lipinski definition) is 5. The van der Waals surface area contributed by atoms with Gasteiger partial charge in [0.1, 0.15) is 11.6 Å². The molecular formula is C50H68N8O8S. The van der Waals surface area contributed by atoms with Crippen LogP contribution in [0.3, 0.4) is 0 Å². The summed E-state index contributed by atoms with van der Waals surface area (Å²) >= 11 is 1.59. The molecule has 6 rings (SSSR count). The summed E-state index contributed by atoms with van der Waals surface area (Å²) in [6.07, 6.45) is 3.82. The van der Waals surface area contributed by atoms with Gasteiger partial charge in [-0.05, 0) is 83.6 Å². The van der Waals surface area contributed by atoms with Crippen LogP contribution in [-0.2, 0) is 23.9 Å². The zero-order valence-corrected chi connectivity index (χ0v) is 40.5. The number of nitrogens with one attached hydrogen (secondary N) is 4. The van der Waals surface area contributed by atoms with Crippen molar-refractivity contribution in [3.8, 4) is 0 Å². The van der Waals surface area contributed by atoms with Gasteiger partial charge < -0.3 is 45.6 Å². The van der Waals surface area contributed by atoms with Crippen LogP contribution in [-0.4, -0.2) is 139 Å². The lowest BCUT2D eigenvalue weighted by Gasteiger charge is -2.35. The summed E-state index contributed by atoms with van der Waals surface area (Å²) in [7, 11) is 1.42. The van der Waals surface area contributed by atoms with E-state index in [0.29, 0.717) is 51.3 Å². The molecular weight excluding hydrogens is 873 g/mol. The molecule has 2 saturated heterocycles. The van der Waals surface area contributed by atoms with Crippen molar-refractivity contribution in [3.63, 3.8) is 0 Å². The first kappa shape index (κ1) is 50.8. The van der Waals surface area contributed by atoms with E-state index >= 15 is 0 Å². The van der Waals surface area contributed by atoms with Crippen LogP contribution in [0.5, 0.6) is 0 Å². The van der Waals surface area contributed by atoms with Crippen LogP contribution in [0.4, 0.5) is 9.93 Å². The van der Waals surface area contributed by atoms with Crippen molar-refractivity contribution >= 4 is 56.4 Å². The van der Waals surface area contributed by atoms with Crippen LogP contribution < -0.4 is 26.2 Å². The van der Waals surface area contributed by atoms with Gasteiger partial charge in [0, 0.05) is 58.3 Å². The third kappa shape index (κ3) is 13.7. The minimum Gasteiger partial charge on any atom is -0.444 e. The van der Waals surface area contributed by atoms with Gasteiger partial charge in [0.15, 0.2) is 5.13 Å². The van der Waals surface area contributed by atoms with Crippen molar-refractivity contribution < 1.29 is 38.6 Å². The molecule has 3 aromatic carbocycles. The van der Waals surface area contributed by atoms with Crippen molar-refractivity contribution in [3.05, 3.63) is 95.6 Å². The van der Waals surface area contributed by atoms with Gasteiger partial charge in [-0.2, -0.15) is 0 Å². The molecule has 1 aromatic heterocycles. The van der Waals surface area contributed by atoms with Crippen molar-refractivity contribution in [1.29, 1.82) is 0 Å². The summed E-state index contributed by atoms with van der Waals surface area (Å²) in [5.41, 5.74) is 0.137. The van der Waals surface area contributed by atoms with Crippen molar-refractivity contribution in [2.45, 2.75) is 109 Å². The quantitative estimate of drug-likeness (QED) is 0.0563. The number of aromatic nitrogens is 1. The molecule has 17 heteroatoms. The molecule has 16 nitrogen and oxygen atoms in total. The SMILES string of the molecule is C[C@@H](C(=O)NC(C)(O)C(=O)N1CCC[C@H]1CN[C@H](C(=O)NCCCCCCNC(=O)c1cccc2sc(N3CCOCC3)nc12)C(c1ccccc1)c1ccccc1)N(C)C(=O)OC(C)(C)C. The Kier molecular flexibility index (Phi) is 17.7. The van der Waals surface area contributed by atoms with Gasteiger partial charge in [-0.15, -0.1) is 0 Å². The van der Waals surface area contributed by atoms with E-state index in [0.717, 1.165) is 70.1 Å². The van der Waals surface area contributed by atoms with Gasteiger partial charge in [-0.3, -0.25) is 24.1 Å². The maximum absolute atomic E-state index is 14.4. The molecule has 3 heterocycles. The molecule has 2 fully saturated rings.